The molecule has 6 heteroatoms. The zero-order valence-corrected chi connectivity index (χ0v) is 15.1. The first-order chi connectivity index (χ1) is 12.6. The molecule has 2 heterocycles. The molecule has 2 amide bonds. The summed E-state index contributed by atoms with van der Waals surface area (Å²) in [6.45, 7) is 2.90. The van der Waals surface area contributed by atoms with E-state index in [4.69, 9.17) is 11.6 Å². The van der Waals surface area contributed by atoms with E-state index in [0.717, 1.165) is 29.4 Å². The average Bonchev–Trinajstić information content (AvgIpc) is 2.98. The van der Waals surface area contributed by atoms with E-state index in [1.54, 1.807) is 6.07 Å². The maximum Gasteiger partial charge on any atom is 0.252 e. The Kier molecular flexibility index (Phi) is 4.55. The van der Waals surface area contributed by atoms with Crippen molar-refractivity contribution in [3.63, 3.8) is 0 Å². The molecule has 2 aromatic rings. The van der Waals surface area contributed by atoms with Gasteiger partial charge in [0, 0.05) is 42.5 Å². The number of piperazine rings is 1. The predicted octanol–water partition coefficient (Wildman–Crippen LogP) is 2.86. The number of nitrogens with one attached hydrogen (secondary N) is 1. The highest BCUT2D eigenvalue weighted by molar-refractivity contribution is 6.30. The maximum absolute atomic E-state index is 12.7. The number of hydrogen-bond donors (Lipinski definition) is 1. The lowest BCUT2D eigenvalue weighted by molar-refractivity contribution is -0.132. The third-order valence-electron chi connectivity index (χ3n) is 5.07. The fraction of sp³-hybridized carbons (Fsp3) is 0.300. The van der Waals surface area contributed by atoms with Crippen molar-refractivity contribution in [2.45, 2.75) is 12.5 Å². The molecule has 5 nitrogen and oxygen atoms in total. The standard InChI is InChI=1S/C20H20ClN3O2/c21-14-4-3-5-15(12-14)23-8-10-24(11-9-23)19(25)13-18-16-6-1-2-7-17(16)20(26)22-18/h1-7,12,18H,8-11,13H2,(H,22,26)/t18-/m1/s1. The Balaban J connectivity index is 1.37. The average molecular weight is 370 g/mol. The Hall–Kier alpha value is -2.53. The van der Waals surface area contributed by atoms with Crippen LogP contribution in [0.25, 0.3) is 0 Å². The van der Waals surface area contributed by atoms with Crippen LogP contribution in [0, 0.1) is 0 Å². The number of hydrogen-bond acceptors (Lipinski definition) is 3. The SMILES string of the molecule is O=C1N[C@H](CC(=O)N2CCN(c3cccc(Cl)c3)CC2)c2ccccc21. The molecule has 2 aliphatic rings. The molecule has 2 aromatic carbocycles. The smallest absolute Gasteiger partial charge is 0.252 e. The van der Waals surface area contributed by atoms with Gasteiger partial charge >= 0.3 is 0 Å². The van der Waals surface area contributed by atoms with Gasteiger partial charge in [-0.15, -0.1) is 0 Å². The number of fused-ring (bicyclic) bond motifs is 1. The van der Waals surface area contributed by atoms with Gasteiger partial charge in [-0.05, 0) is 29.8 Å². The highest BCUT2D eigenvalue weighted by Gasteiger charge is 2.31. The fourth-order valence-electron chi connectivity index (χ4n) is 3.67. The fourth-order valence-corrected chi connectivity index (χ4v) is 3.86. The van der Waals surface area contributed by atoms with Crippen molar-refractivity contribution in [1.29, 1.82) is 0 Å². The van der Waals surface area contributed by atoms with Crippen molar-refractivity contribution >= 4 is 29.1 Å². The summed E-state index contributed by atoms with van der Waals surface area (Å²) in [6, 6.07) is 15.0. The minimum absolute atomic E-state index is 0.0812. The summed E-state index contributed by atoms with van der Waals surface area (Å²) in [5.41, 5.74) is 2.68. The monoisotopic (exact) mass is 369 g/mol. The number of rotatable bonds is 3. The molecule has 0 unspecified atom stereocenters. The number of benzene rings is 2. The molecular formula is C20H20ClN3O2. The van der Waals surface area contributed by atoms with Crippen molar-refractivity contribution in [3.8, 4) is 0 Å². The molecular weight excluding hydrogens is 350 g/mol. The molecule has 0 aliphatic carbocycles. The number of amides is 2. The molecule has 4 rings (SSSR count). The zero-order valence-electron chi connectivity index (χ0n) is 14.3. The van der Waals surface area contributed by atoms with Crippen LogP contribution in [0.15, 0.2) is 48.5 Å². The maximum atomic E-state index is 12.7. The first-order valence-electron chi connectivity index (χ1n) is 8.80. The third kappa shape index (κ3) is 3.27. The number of halogens is 1. The first kappa shape index (κ1) is 16.9. The molecule has 1 fully saturated rings. The summed E-state index contributed by atoms with van der Waals surface area (Å²) in [7, 11) is 0. The normalized spacial score (nSPS) is 19.3. The summed E-state index contributed by atoms with van der Waals surface area (Å²) >= 11 is 6.07. The molecule has 0 spiro atoms. The van der Waals surface area contributed by atoms with Gasteiger partial charge in [-0.2, -0.15) is 0 Å². The lowest BCUT2D eigenvalue weighted by atomic mass is 10.0. The van der Waals surface area contributed by atoms with Crippen molar-refractivity contribution in [2.75, 3.05) is 31.1 Å². The minimum Gasteiger partial charge on any atom is -0.368 e. The summed E-state index contributed by atoms with van der Waals surface area (Å²) in [5.74, 6) is -0.0121. The molecule has 2 aliphatic heterocycles. The van der Waals surface area contributed by atoms with Crippen molar-refractivity contribution < 1.29 is 9.59 Å². The first-order valence-corrected chi connectivity index (χ1v) is 9.18. The topological polar surface area (TPSA) is 52.7 Å². The van der Waals surface area contributed by atoms with Gasteiger partial charge in [-0.1, -0.05) is 35.9 Å². The van der Waals surface area contributed by atoms with Crippen LogP contribution < -0.4 is 10.2 Å². The van der Waals surface area contributed by atoms with Crippen LogP contribution in [0.2, 0.25) is 5.02 Å². The van der Waals surface area contributed by atoms with Crippen molar-refractivity contribution in [2.24, 2.45) is 0 Å². The second-order valence-corrected chi connectivity index (χ2v) is 7.10. The number of anilines is 1. The number of carbonyl (C=O) groups is 2. The van der Waals surface area contributed by atoms with Crippen LogP contribution in [0.4, 0.5) is 5.69 Å². The van der Waals surface area contributed by atoms with E-state index in [0.29, 0.717) is 25.1 Å². The Labute approximate surface area is 157 Å². The van der Waals surface area contributed by atoms with Gasteiger partial charge in [0.05, 0.1) is 12.5 Å². The van der Waals surface area contributed by atoms with E-state index in [2.05, 4.69) is 10.2 Å². The summed E-state index contributed by atoms with van der Waals surface area (Å²) in [6.07, 6.45) is 0.305. The quantitative estimate of drug-likeness (QED) is 0.905. The molecule has 134 valence electrons. The van der Waals surface area contributed by atoms with Crippen LogP contribution in [0.1, 0.15) is 28.4 Å². The van der Waals surface area contributed by atoms with Crippen LogP contribution >= 0.6 is 11.6 Å². The van der Waals surface area contributed by atoms with E-state index in [-0.39, 0.29) is 17.9 Å². The Morgan fingerprint density at radius 1 is 1.08 bits per heavy atom. The molecule has 0 bridgehead atoms. The molecule has 0 saturated carbocycles. The lowest BCUT2D eigenvalue weighted by Gasteiger charge is -2.36. The summed E-state index contributed by atoms with van der Waals surface area (Å²) in [5, 5.41) is 3.64. The van der Waals surface area contributed by atoms with E-state index in [1.807, 2.05) is 47.4 Å². The van der Waals surface area contributed by atoms with Crippen LogP contribution in [0.5, 0.6) is 0 Å². The zero-order chi connectivity index (χ0) is 18.1. The summed E-state index contributed by atoms with van der Waals surface area (Å²) < 4.78 is 0. The van der Waals surface area contributed by atoms with E-state index < -0.39 is 0 Å². The van der Waals surface area contributed by atoms with E-state index in [9.17, 15) is 9.59 Å². The second-order valence-electron chi connectivity index (χ2n) is 6.67. The molecule has 26 heavy (non-hydrogen) atoms. The molecule has 1 saturated heterocycles. The highest BCUT2D eigenvalue weighted by atomic mass is 35.5. The second kappa shape index (κ2) is 7.00. The van der Waals surface area contributed by atoms with Crippen molar-refractivity contribution in [1.82, 2.24) is 10.2 Å². The molecule has 1 N–H and O–H groups in total. The Bertz CT molecular complexity index is 846. The number of carbonyl (C=O) groups excluding carboxylic acids is 2. The lowest BCUT2D eigenvalue weighted by Crippen LogP contribution is -2.49. The Morgan fingerprint density at radius 2 is 1.85 bits per heavy atom. The van der Waals surface area contributed by atoms with Crippen LogP contribution in [-0.2, 0) is 4.79 Å². The number of nitrogens with zero attached hydrogens (tertiary/aromatic N) is 2. The van der Waals surface area contributed by atoms with Gasteiger partial charge in [0.1, 0.15) is 0 Å². The predicted molar refractivity (Wildman–Crippen MR) is 102 cm³/mol. The highest BCUT2D eigenvalue weighted by Crippen LogP contribution is 2.28. The van der Waals surface area contributed by atoms with Gasteiger partial charge in [0.25, 0.3) is 5.91 Å². The third-order valence-corrected chi connectivity index (χ3v) is 5.31. The van der Waals surface area contributed by atoms with Gasteiger partial charge < -0.3 is 15.1 Å². The van der Waals surface area contributed by atoms with E-state index in [1.165, 1.54) is 0 Å². The van der Waals surface area contributed by atoms with Crippen LogP contribution in [-0.4, -0.2) is 42.9 Å². The minimum atomic E-state index is -0.225. The molecule has 1 atom stereocenters. The van der Waals surface area contributed by atoms with Crippen LogP contribution in [0.3, 0.4) is 0 Å². The van der Waals surface area contributed by atoms with Crippen molar-refractivity contribution in [3.05, 3.63) is 64.7 Å². The van der Waals surface area contributed by atoms with Gasteiger partial charge in [-0.25, -0.2) is 0 Å². The van der Waals surface area contributed by atoms with Gasteiger partial charge in [0.2, 0.25) is 5.91 Å². The van der Waals surface area contributed by atoms with E-state index >= 15 is 0 Å². The van der Waals surface area contributed by atoms with Gasteiger partial charge in [-0.3, -0.25) is 9.59 Å². The Morgan fingerprint density at radius 3 is 2.62 bits per heavy atom. The molecule has 0 aromatic heterocycles. The molecule has 0 radical (unpaired) electrons. The largest absolute Gasteiger partial charge is 0.368 e. The summed E-state index contributed by atoms with van der Waals surface area (Å²) in [4.78, 5) is 28.8. The van der Waals surface area contributed by atoms with Gasteiger partial charge in [0.15, 0.2) is 0 Å².